The van der Waals surface area contributed by atoms with E-state index in [9.17, 15) is 0 Å². The Kier molecular flexibility index (Phi) is 2.29. The van der Waals surface area contributed by atoms with Crippen molar-refractivity contribution in [2.75, 3.05) is 10.2 Å². The summed E-state index contributed by atoms with van der Waals surface area (Å²) in [6.45, 7) is 4.34. The van der Waals surface area contributed by atoms with Crippen LogP contribution in [0.3, 0.4) is 0 Å². The topological polar surface area (TPSA) is 15.3 Å². The molecule has 0 saturated carbocycles. The normalized spacial score (nSPS) is 17.8. The van der Waals surface area contributed by atoms with Crippen molar-refractivity contribution in [3.8, 4) is 0 Å². The molecule has 1 N–H and O–H groups in total. The third-order valence-electron chi connectivity index (χ3n) is 3.29. The molecule has 1 heterocycles. The molecule has 0 amide bonds. The van der Waals surface area contributed by atoms with Crippen LogP contribution in [0.4, 0.5) is 17.1 Å². The number of hydrogen-bond acceptors (Lipinski definition) is 2. The Morgan fingerprint density at radius 2 is 1.59 bits per heavy atom. The van der Waals surface area contributed by atoms with Crippen LogP contribution in [0, 0.1) is 6.92 Å². The zero-order valence-electron chi connectivity index (χ0n) is 10.1. The number of benzene rings is 2. The third kappa shape index (κ3) is 1.57. The first-order chi connectivity index (χ1) is 8.27. The number of nitrogens with one attached hydrogen (secondary N) is 1. The Morgan fingerprint density at radius 3 is 2.35 bits per heavy atom. The summed E-state index contributed by atoms with van der Waals surface area (Å²) in [6, 6.07) is 17.0. The molecule has 0 aliphatic carbocycles. The lowest BCUT2D eigenvalue weighted by atomic mass is 10.1. The average Bonchev–Trinajstić information content (AvgIpc) is 2.66. The van der Waals surface area contributed by atoms with E-state index < -0.39 is 0 Å². The summed E-state index contributed by atoms with van der Waals surface area (Å²) >= 11 is 0. The van der Waals surface area contributed by atoms with E-state index in [4.69, 9.17) is 0 Å². The molecule has 0 spiro atoms. The van der Waals surface area contributed by atoms with Crippen LogP contribution in [-0.2, 0) is 0 Å². The van der Waals surface area contributed by atoms with Gasteiger partial charge in [-0.25, -0.2) is 0 Å². The summed E-state index contributed by atoms with van der Waals surface area (Å²) in [5, 5.41) is 3.50. The average molecular weight is 224 g/mol. The van der Waals surface area contributed by atoms with Gasteiger partial charge in [0.1, 0.15) is 6.17 Å². The number of hydrogen-bond donors (Lipinski definition) is 1. The molecular weight excluding hydrogens is 208 g/mol. The first-order valence-corrected chi connectivity index (χ1v) is 5.98. The van der Waals surface area contributed by atoms with Crippen molar-refractivity contribution in [1.29, 1.82) is 0 Å². The summed E-state index contributed by atoms with van der Waals surface area (Å²) < 4.78 is 0. The lowest BCUT2D eigenvalue weighted by Gasteiger charge is -2.25. The van der Waals surface area contributed by atoms with E-state index in [1.54, 1.807) is 0 Å². The summed E-state index contributed by atoms with van der Waals surface area (Å²) in [4.78, 5) is 2.35. The minimum Gasteiger partial charge on any atom is -0.363 e. The lowest BCUT2D eigenvalue weighted by Crippen LogP contribution is -2.28. The van der Waals surface area contributed by atoms with Gasteiger partial charge in [-0.1, -0.05) is 30.3 Å². The molecule has 2 aromatic carbocycles. The van der Waals surface area contributed by atoms with Crippen LogP contribution in [0.25, 0.3) is 0 Å². The Balaban J connectivity index is 2.13. The first kappa shape index (κ1) is 10.2. The minimum atomic E-state index is 0.300. The van der Waals surface area contributed by atoms with Crippen molar-refractivity contribution < 1.29 is 0 Å². The third-order valence-corrected chi connectivity index (χ3v) is 3.29. The minimum absolute atomic E-state index is 0.300. The van der Waals surface area contributed by atoms with Gasteiger partial charge < -0.3 is 10.2 Å². The number of para-hydroxylation sites is 3. The zero-order chi connectivity index (χ0) is 11.8. The smallest absolute Gasteiger partial charge is 0.101 e. The van der Waals surface area contributed by atoms with Gasteiger partial charge in [0, 0.05) is 5.69 Å². The van der Waals surface area contributed by atoms with Crippen LogP contribution in [0.5, 0.6) is 0 Å². The SMILES string of the molecule is Cc1ccccc1N1c2ccccc2N[C@H]1C. The van der Waals surface area contributed by atoms with E-state index in [1.165, 1.54) is 22.6 Å². The first-order valence-electron chi connectivity index (χ1n) is 5.98. The van der Waals surface area contributed by atoms with Crippen LogP contribution in [0.2, 0.25) is 0 Å². The molecule has 0 aromatic heterocycles. The molecule has 1 aliphatic rings. The van der Waals surface area contributed by atoms with Crippen molar-refractivity contribution in [2.45, 2.75) is 20.0 Å². The van der Waals surface area contributed by atoms with E-state index in [2.05, 4.69) is 72.6 Å². The number of fused-ring (bicyclic) bond motifs is 1. The molecule has 2 aromatic rings. The fraction of sp³-hybridized carbons (Fsp3) is 0.200. The largest absolute Gasteiger partial charge is 0.363 e. The van der Waals surface area contributed by atoms with Gasteiger partial charge in [0.2, 0.25) is 0 Å². The van der Waals surface area contributed by atoms with Gasteiger partial charge in [-0.15, -0.1) is 0 Å². The van der Waals surface area contributed by atoms with E-state index in [0.29, 0.717) is 6.17 Å². The molecule has 3 rings (SSSR count). The molecule has 17 heavy (non-hydrogen) atoms. The van der Waals surface area contributed by atoms with Gasteiger partial charge in [-0.05, 0) is 37.6 Å². The maximum absolute atomic E-state index is 3.50. The molecule has 0 fully saturated rings. The van der Waals surface area contributed by atoms with Gasteiger partial charge >= 0.3 is 0 Å². The van der Waals surface area contributed by atoms with Crippen molar-refractivity contribution in [3.63, 3.8) is 0 Å². The monoisotopic (exact) mass is 224 g/mol. The fourth-order valence-electron chi connectivity index (χ4n) is 2.48. The quantitative estimate of drug-likeness (QED) is 0.790. The molecule has 86 valence electrons. The molecule has 2 nitrogen and oxygen atoms in total. The Bertz CT molecular complexity index is 548. The Hall–Kier alpha value is -1.96. The highest BCUT2D eigenvalue weighted by atomic mass is 15.3. The summed E-state index contributed by atoms with van der Waals surface area (Å²) in [5.41, 5.74) is 5.05. The van der Waals surface area contributed by atoms with Crippen LogP contribution >= 0.6 is 0 Å². The summed E-state index contributed by atoms with van der Waals surface area (Å²) in [5.74, 6) is 0. The summed E-state index contributed by atoms with van der Waals surface area (Å²) in [7, 11) is 0. The standard InChI is InChI=1S/C15H16N2/c1-11-7-3-5-9-14(11)17-12(2)16-13-8-4-6-10-15(13)17/h3-10,12,16H,1-2H3/t12-/m1/s1. The lowest BCUT2D eigenvalue weighted by molar-refractivity contribution is 0.840. The molecular formula is C15H16N2. The second-order valence-corrected chi connectivity index (χ2v) is 4.49. The van der Waals surface area contributed by atoms with E-state index >= 15 is 0 Å². The van der Waals surface area contributed by atoms with Gasteiger partial charge in [0.15, 0.2) is 0 Å². The molecule has 0 unspecified atom stereocenters. The number of rotatable bonds is 1. The molecule has 0 radical (unpaired) electrons. The van der Waals surface area contributed by atoms with E-state index in [1.807, 2.05) is 0 Å². The predicted molar refractivity (Wildman–Crippen MR) is 72.8 cm³/mol. The molecule has 2 heteroatoms. The van der Waals surface area contributed by atoms with Crippen LogP contribution < -0.4 is 10.2 Å². The van der Waals surface area contributed by atoms with Gasteiger partial charge in [-0.2, -0.15) is 0 Å². The Morgan fingerprint density at radius 1 is 0.941 bits per heavy atom. The molecule has 1 aliphatic heterocycles. The van der Waals surface area contributed by atoms with Crippen molar-refractivity contribution in [2.24, 2.45) is 0 Å². The van der Waals surface area contributed by atoms with E-state index in [0.717, 1.165) is 0 Å². The maximum atomic E-state index is 3.50. The summed E-state index contributed by atoms with van der Waals surface area (Å²) in [6.07, 6.45) is 0.300. The second kappa shape index (κ2) is 3.81. The highest BCUT2D eigenvalue weighted by Gasteiger charge is 2.26. The van der Waals surface area contributed by atoms with Gasteiger partial charge in [0.05, 0.1) is 11.4 Å². The highest BCUT2D eigenvalue weighted by molar-refractivity contribution is 5.83. The van der Waals surface area contributed by atoms with Crippen molar-refractivity contribution in [1.82, 2.24) is 0 Å². The van der Waals surface area contributed by atoms with Gasteiger partial charge in [0.25, 0.3) is 0 Å². The number of anilines is 3. The van der Waals surface area contributed by atoms with Crippen molar-refractivity contribution in [3.05, 3.63) is 54.1 Å². The fourth-order valence-corrected chi connectivity index (χ4v) is 2.48. The molecule has 0 saturated heterocycles. The molecule has 0 bridgehead atoms. The number of nitrogens with zero attached hydrogens (tertiary/aromatic N) is 1. The van der Waals surface area contributed by atoms with Crippen LogP contribution in [0.1, 0.15) is 12.5 Å². The number of aryl methyl sites for hydroxylation is 1. The van der Waals surface area contributed by atoms with Crippen molar-refractivity contribution >= 4 is 17.1 Å². The predicted octanol–water partition coefficient (Wildman–Crippen LogP) is 3.90. The van der Waals surface area contributed by atoms with Gasteiger partial charge in [-0.3, -0.25) is 0 Å². The van der Waals surface area contributed by atoms with Crippen LogP contribution in [0.15, 0.2) is 48.5 Å². The zero-order valence-corrected chi connectivity index (χ0v) is 10.1. The second-order valence-electron chi connectivity index (χ2n) is 4.49. The van der Waals surface area contributed by atoms with E-state index in [-0.39, 0.29) is 0 Å². The molecule has 1 atom stereocenters. The Labute approximate surface area is 102 Å². The maximum Gasteiger partial charge on any atom is 0.101 e. The highest BCUT2D eigenvalue weighted by Crippen LogP contribution is 2.40. The van der Waals surface area contributed by atoms with Crippen LogP contribution in [-0.4, -0.2) is 6.17 Å².